The Bertz CT molecular complexity index is 822. The van der Waals surface area contributed by atoms with Gasteiger partial charge in [0.25, 0.3) is 0 Å². The summed E-state index contributed by atoms with van der Waals surface area (Å²) in [5, 5.41) is 21.1. The predicted octanol–water partition coefficient (Wildman–Crippen LogP) is 1.80. The Balaban J connectivity index is 1.95. The minimum atomic E-state index is 0.285. The Morgan fingerprint density at radius 2 is 2.18 bits per heavy atom. The molecule has 7 heteroatoms. The molecular formula is C15H12N6O. The molecule has 0 unspecified atom stereocenters. The average Bonchev–Trinajstić information content (AvgIpc) is 3.06. The van der Waals surface area contributed by atoms with E-state index in [-0.39, 0.29) is 6.42 Å². The standard InChI is InChI=1S/C15H12N6O/c1-22-14-10-12(6-5-11(14)7-8-16)21-19-15(18-20-21)13-4-2-3-9-17-13/h2-6,9-10H,7H2,1H3. The van der Waals surface area contributed by atoms with Gasteiger partial charge in [0, 0.05) is 17.8 Å². The van der Waals surface area contributed by atoms with Gasteiger partial charge in [0.15, 0.2) is 0 Å². The molecule has 0 saturated carbocycles. The fourth-order valence-corrected chi connectivity index (χ4v) is 2.01. The third kappa shape index (κ3) is 2.62. The van der Waals surface area contributed by atoms with E-state index in [0.717, 1.165) is 5.56 Å². The third-order valence-electron chi connectivity index (χ3n) is 3.08. The topological polar surface area (TPSA) is 89.5 Å². The number of ether oxygens (including phenoxy) is 1. The van der Waals surface area contributed by atoms with Crippen LogP contribution in [0.2, 0.25) is 0 Å². The van der Waals surface area contributed by atoms with E-state index in [1.165, 1.54) is 4.80 Å². The number of nitriles is 1. The maximum absolute atomic E-state index is 8.80. The zero-order chi connectivity index (χ0) is 15.4. The van der Waals surface area contributed by atoms with E-state index in [9.17, 15) is 0 Å². The highest BCUT2D eigenvalue weighted by molar-refractivity contribution is 5.48. The number of methoxy groups -OCH3 is 1. The molecule has 0 N–H and O–H groups in total. The quantitative estimate of drug-likeness (QED) is 0.728. The number of hydrogen-bond donors (Lipinski definition) is 0. The highest BCUT2D eigenvalue weighted by atomic mass is 16.5. The Labute approximate surface area is 126 Å². The number of benzene rings is 1. The Hall–Kier alpha value is -3.27. The maximum Gasteiger partial charge on any atom is 0.223 e. The molecule has 22 heavy (non-hydrogen) atoms. The van der Waals surface area contributed by atoms with Crippen LogP contribution in [0.1, 0.15) is 5.56 Å². The minimum absolute atomic E-state index is 0.285. The van der Waals surface area contributed by atoms with Crippen molar-refractivity contribution in [3.05, 3.63) is 48.2 Å². The van der Waals surface area contributed by atoms with Gasteiger partial charge in [-0.2, -0.15) is 5.26 Å². The molecule has 0 aliphatic carbocycles. The van der Waals surface area contributed by atoms with Gasteiger partial charge in [-0.3, -0.25) is 4.98 Å². The van der Waals surface area contributed by atoms with Crippen molar-refractivity contribution in [1.29, 1.82) is 5.26 Å². The summed E-state index contributed by atoms with van der Waals surface area (Å²) >= 11 is 0. The van der Waals surface area contributed by atoms with Gasteiger partial charge in [0.2, 0.25) is 5.82 Å². The summed E-state index contributed by atoms with van der Waals surface area (Å²) < 4.78 is 5.30. The van der Waals surface area contributed by atoms with E-state index in [1.807, 2.05) is 30.3 Å². The summed E-state index contributed by atoms with van der Waals surface area (Å²) in [5.74, 6) is 1.07. The van der Waals surface area contributed by atoms with E-state index >= 15 is 0 Å². The second-order valence-corrected chi connectivity index (χ2v) is 4.45. The van der Waals surface area contributed by atoms with Gasteiger partial charge in [-0.1, -0.05) is 12.1 Å². The smallest absolute Gasteiger partial charge is 0.223 e. The van der Waals surface area contributed by atoms with Crippen molar-refractivity contribution in [2.24, 2.45) is 0 Å². The second kappa shape index (κ2) is 6.01. The van der Waals surface area contributed by atoms with Gasteiger partial charge >= 0.3 is 0 Å². The molecule has 3 aromatic rings. The van der Waals surface area contributed by atoms with Crippen LogP contribution in [0.4, 0.5) is 0 Å². The second-order valence-electron chi connectivity index (χ2n) is 4.45. The van der Waals surface area contributed by atoms with Crippen LogP contribution in [0.25, 0.3) is 17.2 Å². The van der Waals surface area contributed by atoms with Crippen LogP contribution in [-0.2, 0) is 6.42 Å². The van der Waals surface area contributed by atoms with Crippen LogP contribution in [0.3, 0.4) is 0 Å². The molecule has 0 amide bonds. The number of tetrazole rings is 1. The number of pyridine rings is 1. The van der Waals surface area contributed by atoms with Gasteiger partial charge in [-0.25, -0.2) is 0 Å². The van der Waals surface area contributed by atoms with E-state index in [2.05, 4.69) is 26.5 Å². The van der Waals surface area contributed by atoms with E-state index in [0.29, 0.717) is 23.0 Å². The Kier molecular flexibility index (Phi) is 3.74. The molecular weight excluding hydrogens is 280 g/mol. The van der Waals surface area contributed by atoms with Crippen LogP contribution in [0.15, 0.2) is 42.6 Å². The van der Waals surface area contributed by atoms with Gasteiger partial charge in [-0.05, 0) is 23.4 Å². The van der Waals surface area contributed by atoms with Gasteiger partial charge in [0.05, 0.1) is 25.3 Å². The SMILES string of the molecule is COc1cc(-n2nnc(-c3ccccn3)n2)ccc1CC#N. The summed E-state index contributed by atoms with van der Waals surface area (Å²) in [6, 6.07) is 13.0. The molecule has 0 aliphatic heterocycles. The fraction of sp³-hybridized carbons (Fsp3) is 0.133. The zero-order valence-electron chi connectivity index (χ0n) is 11.8. The molecule has 0 atom stereocenters. The molecule has 108 valence electrons. The number of nitrogens with zero attached hydrogens (tertiary/aromatic N) is 6. The summed E-state index contributed by atoms with van der Waals surface area (Å²) in [5.41, 5.74) is 2.17. The van der Waals surface area contributed by atoms with Crippen LogP contribution in [0.5, 0.6) is 5.75 Å². The molecule has 0 aliphatic rings. The van der Waals surface area contributed by atoms with E-state index in [1.54, 1.807) is 19.4 Å². The number of rotatable bonds is 4. The molecule has 3 rings (SSSR count). The molecule has 1 aromatic carbocycles. The highest BCUT2D eigenvalue weighted by Gasteiger charge is 2.10. The fourth-order valence-electron chi connectivity index (χ4n) is 2.01. The Morgan fingerprint density at radius 1 is 1.27 bits per heavy atom. The summed E-state index contributed by atoms with van der Waals surface area (Å²) in [6.45, 7) is 0. The van der Waals surface area contributed by atoms with Crippen molar-refractivity contribution in [3.8, 4) is 29.0 Å². The molecule has 0 radical (unpaired) electrons. The average molecular weight is 292 g/mol. The largest absolute Gasteiger partial charge is 0.496 e. The maximum atomic E-state index is 8.80. The van der Waals surface area contributed by atoms with Crippen molar-refractivity contribution in [2.45, 2.75) is 6.42 Å². The van der Waals surface area contributed by atoms with Crippen molar-refractivity contribution >= 4 is 0 Å². The molecule has 0 bridgehead atoms. The van der Waals surface area contributed by atoms with Gasteiger partial charge < -0.3 is 4.74 Å². The lowest BCUT2D eigenvalue weighted by Gasteiger charge is -2.07. The molecule has 0 saturated heterocycles. The number of hydrogen-bond acceptors (Lipinski definition) is 6. The van der Waals surface area contributed by atoms with E-state index in [4.69, 9.17) is 10.00 Å². The summed E-state index contributed by atoms with van der Waals surface area (Å²) in [6.07, 6.45) is 1.96. The number of aromatic nitrogens is 5. The first-order valence-electron chi connectivity index (χ1n) is 6.57. The molecule has 2 heterocycles. The Morgan fingerprint density at radius 3 is 2.91 bits per heavy atom. The summed E-state index contributed by atoms with van der Waals surface area (Å²) in [4.78, 5) is 5.59. The zero-order valence-corrected chi connectivity index (χ0v) is 11.8. The molecule has 7 nitrogen and oxygen atoms in total. The predicted molar refractivity (Wildman–Crippen MR) is 78.3 cm³/mol. The lowest BCUT2D eigenvalue weighted by atomic mass is 10.1. The molecule has 0 fully saturated rings. The van der Waals surface area contributed by atoms with Crippen LogP contribution < -0.4 is 4.74 Å². The van der Waals surface area contributed by atoms with Crippen LogP contribution in [-0.4, -0.2) is 32.3 Å². The first kappa shape index (κ1) is 13.7. The van der Waals surface area contributed by atoms with Crippen molar-refractivity contribution in [3.63, 3.8) is 0 Å². The molecule has 0 spiro atoms. The van der Waals surface area contributed by atoms with Crippen molar-refractivity contribution < 1.29 is 4.74 Å². The van der Waals surface area contributed by atoms with Crippen LogP contribution >= 0.6 is 0 Å². The van der Waals surface area contributed by atoms with Gasteiger partial charge in [-0.15, -0.1) is 15.0 Å². The van der Waals surface area contributed by atoms with Crippen molar-refractivity contribution in [2.75, 3.05) is 7.11 Å². The monoisotopic (exact) mass is 292 g/mol. The highest BCUT2D eigenvalue weighted by Crippen LogP contribution is 2.22. The lowest BCUT2D eigenvalue weighted by Crippen LogP contribution is -2.01. The first-order chi connectivity index (χ1) is 10.8. The third-order valence-corrected chi connectivity index (χ3v) is 3.08. The van der Waals surface area contributed by atoms with Crippen molar-refractivity contribution in [1.82, 2.24) is 25.2 Å². The first-order valence-corrected chi connectivity index (χ1v) is 6.57. The summed E-state index contributed by atoms with van der Waals surface area (Å²) in [7, 11) is 1.56. The van der Waals surface area contributed by atoms with E-state index < -0.39 is 0 Å². The minimum Gasteiger partial charge on any atom is -0.496 e. The van der Waals surface area contributed by atoms with Gasteiger partial charge in [0.1, 0.15) is 11.4 Å². The normalized spacial score (nSPS) is 10.2. The molecule has 2 aromatic heterocycles. The lowest BCUT2D eigenvalue weighted by molar-refractivity contribution is 0.410. The van der Waals surface area contributed by atoms with Crippen LogP contribution in [0, 0.1) is 11.3 Å².